The molecule has 108 valence electrons. The van der Waals surface area contributed by atoms with Gasteiger partial charge in [-0.15, -0.1) is 0 Å². The molecule has 1 heterocycles. The maximum absolute atomic E-state index is 5.92. The lowest BCUT2D eigenvalue weighted by Gasteiger charge is -2.19. The van der Waals surface area contributed by atoms with Crippen molar-refractivity contribution >= 4 is 11.0 Å². The highest BCUT2D eigenvalue weighted by Crippen LogP contribution is 2.25. The summed E-state index contributed by atoms with van der Waals surface area (Å²) in [5.74, 6) is 0.982. The predicted molar refractivity (Wildman–Crippen MR) is 87.4 cm³/mol. The van der Waals surface area contributed by atoms with Gasteiger partial charge >= 0.3 is 0 Å². The Labute approximate surface area is 125 Å². The van der Waals surface area contributed by atoms with Crippen LogP contribution in [0.15, 0.2) is 59.0 Å². The number of para-hydroxylation sites is 1. The van der Waals surface area contributed by atoms with E-state index in [1.54, 1.807) is 0 Å². The summed E-state index contributed by atoms with van der Waals surface area (Å²) in [6.07, 6.45) is 0. The van der Waals surface area contributed by atoms with Gasteiger partial charge < -0.3 is 9.73 Å². The highest BCUT2D eigenvalue weighted by molar-refractivity contribution is 5.77. The van der Waals surface area contributed by atoms with E-state index in [0.29, 0.717) is 0 Å². The average molecular weight is 279 g/mol. The van der Waals surface area contributed by atoms with E-state index in [0.717, 1.165) is 16.7 Å². The first kappa shape index (κ1) is 13.9. The van der Waals surface area contributed by atoms with Gasteiger partial charge in [0.05, 0.1) is 6.04 Å². The molecular formula is C19H21NO. The largest absolute Gasteiger partial charge is 0.459 e. The van der Waals surface area contributed by atoms with E-state index in [1.807, 2.05) is 18.2 Å². The molecule has 0 bridgehead atoms. The van der Waals surface area contributed by atoms with E-state index >= 15 is 0 Å². The standard InChI is InChI=1S/C19H21NO/c1-13-8-10-16(11-9-13)14(2)20-15(3)19-12-17-6-4-5-7-18(17)21-19/h4-12,14-15,20H,1-3H3/t14-,15?/m0/s1. The molecule has 1 aromatic heterocycles. The molecule has 0 amide bonds. The monoisotopic (exact) mass is 279 g/mol. The Kier molecular flexibility index (Phi) is 3.80. The Balaban J connectivity index is 1.75. The van der Waals surface area contributed by atoms with Gasteiger partial charge in [0.1, 0.15) is 11.3 Å². The molecule has 2 heteroatoms. The van der Waals surface area contributed by atoms with Gasteiger partial charge in [0.15, 0.2) is 0 Å². The normalized spacial score (nSPS) is 14.2. The van der Waals surface area contributed by atoms with Crippen molar-refractivity contribution in [3.05, 3.63) is 71.5 Å². The molecule has 21 heavy (non-hydrogen) atoms. The van der Waals surface area contributed by atoms with Gasteiger partial charge in [-0.05, 0) is 38.5 Å². The van der Waals surface area contributed by atoms with Gasteiger partial charge in [0.25, 0.3) is 0 Å². The fourth-order valence-electron chi connectivity index (χ4n) is 2.62. The smallest absolute Gasteiger partial charge is 0.134 e. The van der Waals surface area contributed by atoms with Crippen molar-refractivity contribution in [1.29, 1.82) is 0 Å². The number of furan rings is 1. The van der Waals surface area contributed by atoms with Crippen molar-refractivity contribution in [2.24, 2.45) is 0 Å². The second-order valence-corrected chi connectivity index (χ2v) is 5.71. The van der Waals surface area contributed by atoms with Crippen LogP contribution in [0.1, 0.15) is 42.8 Å². The molecule has 0 saturated carbocycles. The third-order valence-electron chi connectivity index (χ3n) is 3.95. The molecule has 0 spiro atoms. The minimum atomic E-state index is 0.175. The van der Waals surface area contributed by atoms with Gasteiger partial charge in [-0.2, -0.15) is 0 Å². The second kappa shape index (κ2) is 5.74. The van der Waals surface area contributed by atoms with Gasteiger partial charge in [-0.3, -0.25) is 0 Å². The van der Waals surface area contributed by atoms with Crippen LogP contribution in [0.2, 0.25) is 0 Å². The SMILES string of the molecule is Cc1ccc([C@H](C)NC(C)c2cc3ccccc3o2)cc1. The molecule has 0 aliphatic rings. The van der Waals surface area contributed by atoms with Gasteiger partial charge in [-0.1, -0.05) is 48.0 Å². The summed E-state index contributed by atoms with van der Waals surface area (Å²) < 4.78 is 5.92. The Morgan fingerprint density at radius 1 is 0.905 bits per heavy atom. The summed E-state index contributed by atoms with van der Waals surface area (Å²) in [5.41, 5.74) is 3.53. The number of aryl methyl sites for hydroxylation is 1. The number of nitrogens with one attached hydrogen (secondary N) is 1. The summed E-state index contributed by atoms with van der Waals surface area (Å²) in [4.78, 5) is 0. The van der Waals surface area contributed by atoms with Crippen LogP contribution >= 0.6 is 0 Å². The third-order valence-corrected chi connectivity index (χ3v) is 3.95. The first-order valence-corrected chi connectivity index (χ1v) is 7.44. The lowest BCUT2D eigenvalue weighted by Crippen LogP contribution is -2.22. The molecule has 0 aliphatic heterocycles. The number of fused-ring (bicyclic) bond motifs is 1. The number of hydrogen-bond donors (Lipinski definition) is 1. The third kappa shape index (κ3) is 3.01. The van der Waals surface area contributed by atoms with Crippen LogP contribution in [0.4, 0.5) is 0 Å². The molecular weight excluding hydrogens is 258 g/mol. The molecule has 2 nitrogen and oxygen atoms in total. The minimum Gasteiger partial charge on any atom is -0.459 e. The Bertz CT molecular complexity index is 694. The van der Waals surface area contributed by atoms with Crippen molar-refractivity contribution < 1.29 is 4.42 Å². The van der Waals surface area contributed by atoms with E-state index < -0.39 is 0 Å². The zero-order chi connectivity index (χ0) is 14.8. The summed E-state index contributed by atoms with van der Waals surface area (Å²) in [7, 11) is 0. The molecule has 2 aromatic carbocycles. The topological polar surface area (TPSA) is 25.2 Å². The molecule has 2 atom stereocenters. The number of hydrogen-bond acceptors (Lipinski definition) is 2. The molecule has 0 aliphatic carbocycles. The summed E-state index contributed by atoms with van der Waals surface area (Å²) in [6.45, 7) is 6.44. The van der Waals surface area contributed by atoms with Crippen LogP contribution in [0.25, 0.3) is 11.0 Å². The van der Waals surface area contributed by atoms with Crippen molar-refractivity contribution in [1.82, 2.24) is 5.32 Å². The summed E-state index contributed by atoms with van der Waals surface area (Å²) in [5, 5.41) is 4.76. The summed E-state index contributed by atoms with van der Waals surface area (Å²) in [6, 6.07) is 19.4. The first-order chi connectivity index (χ1) is 10.1. The van der Waals surface area contributed by atoms with Crippen molar-refractivity contribution in [2.45, 2.75) is 32.9 Å². The zero-order valence-electron chi connectivity index (χ0n) is 12.8. The van der Waals surface area contributed by atoms with Crippen LogP contribution < -0.4 is 5.32 Å². The van der Waals surface area contributed by atoms with Crippen molar-refractivity contribution in [3.8, 4) is 0 Å². The Morgan fingerprint density at radius 2 is 1.62 bits per heavy atom. The van der Waals surface area contributed by atoms with Gasteiger partial charge in [0.2, 0.25) is 0 Å². The van der Waals surface area contributed by atoms with E-state index in [-0.39, 0.29) is 12.1 Å². The van der Waals surface area contributed by atoms with Gasteiger partial charge in [0, 0.05) is 11.4 Å². The Hall–Kier alpha value is -2.06. The first-order valence-electron chi connectivity index (χ1n) is 7.44. The highest BCUT2D eigenvalue weighted by atomic mass is 16.3. The molecule has 0 radical (unpaired) electrons. The van der Waals surface area contributed by atoms with E-state index in [1.165, 1.54) is 11.1 Å². The lowest BCUT2D eigenvalue weighted by molar-refractivity contribution is 0.417. The zero-order valence-corrected chi connectivity index (χ0v) is 12.8. The van der Waals surface area contributed by atoms with Crippen molar-refractivity contribution in [3.63, 3.8) is 0 Å². The van der Waals surface area contributed by atoms with Crippen LogP contribution in [0, 0.1) is 6.92 Å². The number of rotatable bonds is 4. The lowest BCUT2D eigenvalue weighted by atomic mass is 10.1. The molecule has 1 unspecified atom stereocenters. The fraction of sp³-hybridized carbons (Fsp3) is 0.263. The Morgan fingerprint density at radius 3 is 2.33 bits per heavy atom. The van der Waals surface area contributed by atoms with Crippen LogP contribution in [-0.4, -0.2) is 0 Å². The molecule has 0 fully saturated rings. The van der Waals surface area contributed by atoms with E-state index in [9.17, 15) is 0 Å². The molecule has 1 N–H and O–H groups in total. The van der Waals surface area contributed by atoms with Crippen molar-refractivity contribution in [2.75, 3.05) is 0 Å². The number of benzene rings is 2. The van der Waals surface area contributed by atoms with Crippen LogP contribution in [0.5, 0.6) is 0 Å². The van der Waals surface area contributed by atoms with Crippen LogP contribution in [0.3, 0.4) is 0 Å². The molecule has 3 aromatic rings. The highest BCUT2D eigenvalue weighted by Gasteiger charge is 2.14. The fourth-order valence-corrected chi connectivity index (χ4v) is 2.62. The van der Waals surface area contributed by atoms with Gasteiger partial charge in [-0.25, -0.2) is 0 Å². The predicted octanol–water partition coefficient (Wildman–Crippen LogP) is 5.15. The molecule has 3 rings (SSSR count). The second-order valence-electron chi connectivity index (χ2n) is 5.71. The minimum absolute atomic E-state index is 0.175. The maximum Gasteiger partial charge on any atom is 0.134 e. The van der Waals surface area contributed by atoms with Crippen LogP contribution in [-0.2, 0) is 0 Å². The maximum atomic E-state index is 5.92. The van der Waals surface area contributed by atoms with E-state index in [4.69, 9.17) is 4.42 Å². The quantitative estimate of drug-likeness (QED) is 0.714. The average Bonchev–Trinajstić information content (AvgIpc) is 2.92. The molecule has 0 saturated heterocycles. The summed E-state index contributed by atoms with van der Waals surface area (Å²) >= 11 is 0. The van der Waals surface area contributed by atoms with E-state index in [2.05, 4.69) is 62.5 Å².